The minimum atomic E-state index is 0.450. The van der Waals surface area contributed by atoms with E-state index in [0.29, 0.717) is 16.4 Å². The first-order chi connectivity index (χ1) is 8.63. The Kier molecular flexibility index (Phi) is 5.39. The minimum Gasteiger partial charge on any atom is -0.240 e. The fraction of sp³-hybridized carbons (Fsp3) is 0.692. The monoisotopic (exact) mass is 346 g/mol. The van der Waals surface area contributed by atoms with Gasteiger partial charge >= 0.3 is 0 Å². The van der Waals surface area contributed by atoms with E-state index in [-0.39, 0.29) is 0 Å². The van der Waals surface area contributed by atoms with Gasteiger partial charge in [0.1, 0.15) is 5.82 Å². The van der Waals surface area contributed by atoms with Gasteiger partial charge in [0.2, 0.25) is 0 Å². The van der Waals surface area contributed by atoms with Gasteiger partial charge in [-0.05, 0) is 5.92 Å². The van der Waals surface area contributed by atoms with Gasteiger partial charge in [-0.1, -0.05) is 36.7 Å². The van der Waals surface area contributed by atoms with E-state index in [9.17, 15) is 0 Å². The molecule has 2 unspecified atom stereocenters. The highest BCUT2D eigenvalue weighted by molar-refractivity contribution is 9.08. The molecule has 0 amide bonds. The molecule has 1 aromatic rings. The lowest BCUT2D eigenvalue weighted by Gasteiger charge is -2.27. The van der Waals surface area contributed by atoms with Gasteiger partial charge in [0, 0.05) is 33.8 Å². The highest BCUT2D eigenvalue weighted by Gasteiger charge is 2.27. The molecule has 2 nitrogen and oxygen atoms in total. The summed E-state index contributed by atoms with van der Waals surface area (Å²) in [7, 11) is 0. The van der Waals surface area contributed by atoms with Crippen molar-refractivity contribution >= 4 is 39.5 Å². The van der Waals surface area contributed by atoms with Crippen LogP contribution in [0.3, 0.4) is 0 Å². The van der Waals surface area contributed by atoms with E-state index in [2.05, 4.69) is 41.7 Å². The van der Waals surface area contributed by atoms with Gasteiger partial charge < -0.3 is 0 Å². The molecule has 1 aliphatic heterocycles. The average Bonchev–Trinajstić information content (AvgIpc) is 2.38. The second-order valence-electron chi connectivity index (χ2n) is 4.79. The molecule has 100 valence electrons. The van der Waals surface area contributed by atoms with Crippen molar-refractivity contribution in [1.29, 1.82) is 0 Å². The zero-order valence-electron chi connectivity index (χ0n) is 11.0. The van der Waals surface area contributed by atoms with E-state index in [1.165, 1.54) is 22.8 Å². The summed E-state index contributed by atoms with van der Waals surface area (Å²) in [5.74, 6) is 3.93. The molecule has 1 aromatic heterocycles. The molecule has 0 radical (unpaired) electrons. The number of aromatic nitrogens is 2. The molecule has 1 aliphatic rings. The molecular formula is C13H19BrN2S2. The normalized spacial score (nSPS) is 24.5. The van der Waals surface area contributed by atoms with Crippen molar-refractivity contribution in [3.8, 4) is 0 Å². The zero-order chi connectivity index (χ0) is 13.1. The third-order valence-electron chi connectivity index (χ3n) is 3.05. The third kappa shape index (κ3) is 3.23. The summed E-state index contributed by atoms with van der Waals surface area (Å²) in [5, 5.41) is 1.90. The minimum absolute atomic E-state index is 0.450. The number of hydrogen-bond donors (Lipinski definition) is 0. The van der Waals surface area contributed by atoms with Gasteiger partial charge in [-0.3, -0.25) is 0 Å². The van der Waals surface area contributed by atoms with Crippen LogP contribution in [0.1, 0.15) is 49.0 Å². The maximum Gasteiger partial charge on any atom is 0.142 e. The summed E-state index contributed by atoms with van der Waals surface area (Å²) < 4.78 is 0. The molecule has 2 heterocycles. The average molecular weight is 347 g/mol. The van der Waals surface area contributed by atoms with E-state index >= 15 is 0 Å². The van der Waals surface area contributed by atoms with E-state index in [1.54, 1.807) is 0 Å². The van der Waals surface area contributed by atoms with Crippen LogP contribution in [0, 0.1) is 0 Å². The molecule has 0 saturated carbocycles. The number of rotatable bonds is 3. The summed E-state index contributed by atoms with van der Waals surface area (Å²) in [6.07, 6.45) is 2.00. The maximum atomic E-state index is 4.84. The van der Waals surface area contributed by atoms with E-state index in [1.807, 2.05) is 29.7 Å². The Bertz CT molecular complexity index is 412. The number of thioether (sulfide) groups is 2. The van der Waals surface area contributed by atoms with E-state index < -0.39 is 0 Å². The van der Waals surface area contributed by atoms with Gasteiger partial charge in [-0.2, -0.15) is 11.8 Å². The van der Waals surface area contributed by atoms with Gasteiger partial charge in [-0.15, -0.1) is 11.8 Å². The highest BCUT2D eigenvalue weighted by Crippen LogP contribution is 2.41. The molecule has 2 rings (SSSR count). The molecule has 2 atom stereocenters. The number of nitrogens with zero attached hydrogens (tertiary/aromatic N) is 2. The highest BCUT2D eigenvalue weighted by atomic mass is 79.9. The maximum absolute atomic E-state index is 4.84. The van der Waals surface area contributed by atoms with E-state index in [4.69, 9.17) is 4.98 Å². The molecule has 0 aliphatic carbocycles. The molecule has 0 N–H and O–H groups in total. The molecule has 18 heavy (non-hydrogen) atoms. The lowest BCUT2D eigenvalue weighted by atomic mass is 10.1. The SMILES string of the molecule is CC(C)c1nc(C2SCCSC2C)ncc1CBr. The molecule has 1 fully saturated rings. The van der Waals surface area contributed by atoms with Gasteiger partial charge in [-0.25, -0.2) is 9.97 Å². The standard InChI is InChI=1S/C13H19BrN2S2/c1-8(2)11-10(6-14)7-15-13(16-11)12-9(3)17-4-5-18-12/h7-9,12H,4-6H2,1-3H3. The van der Waals surface area contributed by atoms with Crippen LogP contribution in [0.2, 0.25) is 0 Å². The Morgan fingerprint density at radius 1 is 1.39 bits per heavy atom. The van der Waals surface area contributed by atoms with Crippen LogP contribution in [0.25, 0.3) is 0 Å². The number of hydrogen-bond acceptors (Lipinski definition) is 4. The molecular weight excluding hydrogens is 328 g/mol. The van der Waals surface area contributed by atoms with E-state index in [0.717, 1.165) is 11.2 Å². The zero-order valence-corrected chi connectivity index (χ0v) is 14.2. The predicted octanol–water partition coefficient (Wildman–Crippen LogP) is 4.40. The first-order valence-electron chi connectivity index (χ1n) is 6.28. The number of alkyl halides is 1. The van der Waals surface area contributed by atoms with Crippen LogP contribution in [0.5, 0.6) is 0 Å². The predicted molar refractivity (Wildman–Crippen MR) is 85.9 cm³/mol. The van der Waals surface area contributed by atoms with Crippen molar-refractivity contribution in [3.05, 3.63) is 23.3 Å². The van der Waals surface area contributed by atoms with Crippen molar-refractivity contribution in [2.24, 2.45) is 0 Å². The van der Waals surface area contributed by atoms with Crippen LogP contribution in [-0.4, -0.2) is 26.7 Å². The van der Waals surface area contributed by atoms with Crippen molar-refractivity contribution in [1.82, 2.24) is 9.97 Å². The van der Waals surface area contributed by atoms with Crippen molar-refractivity contribution in [2.45, 2.75) is 42.5 Å². The smallest absolute Gasteiger partial charge is 0.142 e. The first-order valence-corrected chi connectivity index (χ1v) is 9.50. The first kappa shape index (κ1) is 14.7. The largest absolute Gasteiger partial charge is 0.240 e. The number of halogens is 1. The van der Waals surface area contributed by atoms with Crippen LogP contribution in [0.15, 0.2) is 6.20 Å². The van der Waals surface area contributed by atoms with Crippen LogP contribution in [0.4, 0.5) is 0 Å². The Labute approximate surface area is 126 Å². The summed E-state index contributed by atoms with van der Waals surface area (Å²) in [4.78, 5) is 9.43. The molecule has 0 aromatic carbocycles. The lowest BCUT2D eigenvalue weighted by molar-refractivity contribution is 0.748. The third-order valence-corrected chi connectivity index (χ3v) is 6.74. The van der Waals surface area contributed by atoms with Gasteiger partial charge in [0.15, 0.2) is 0 Å². The fourth-order valence-corrected chi connectivity index (χ4v) is 5.22. The van der Waals surface area contributed by atoms with Crippen molar-refractivity contribution in [3.63, 3.8) is 0 Å². The lowest BCUT2D eigenvalue weighted by Crippen LogP contribution is -2.19. The summed E-state index contributed by atoms with van der Waals surface area (Å²) in [5.41, 5.74) is 2.41. The van der Waals surface area contributed by atoms with Crippen LogP contribution in [-0.2, 0) is 5.33 Å². The van der Waals surface area contributed by atoms with Gasteiger partial charge in [0.05, 0.1) is 10.9 Å². The second kappa shape index (κ2) is 6.62. The topological polar surface area (TPSA) is 25.8 Å². The van der Waals surface area contributed by atoms with Crippen LogP contribution >= 0.6 is 39.5 Å². The Hall–Kier alpha value is 0.260. The van der Waals surface area contributed by atoms with Crippen molar-refractivity contribution in [2.75, 3.05) is 11.5 Å². The quantitative estimate of drug-likeness (QED) is 0.757. The summed E-state index contributed by atoms with van der Waals surface area (Å²) >= 11 is 7.56. The van der Waals surface area contributed by atoms with Gasteiger partial charge in [0.25, 0.3) is 0 Å². The molecule has 1 saturated heterocycles. The molecule has 0 spiro atoms. The van der Waals surface area contributed by atoms with Crippen molar-refractivity contribution < 1.29 is 0 Å². The summed E-state index contributed by atoms with van der Waals surface area (Å²) in [6.45, 7) is 6.69. The Balaban J connectivity index is 2.30. The molecule has 0 bridgehead atoms. The van der Waals surface area contributed by atoms with Crippen LogP contribution < -0.4 is 0 Å². The Morgan fingerprint density at radius 2 is 2.11 bits per heavy atom. The summed E-state index contributed by atoms with van der Waals surface area (Å²) in [6, 6.07) is 0. The Morgan fingerprint density at radius 3 is 2.72 bits per heavy atom. The fourth-order valence-electron chi connectivity index (χ4n) is 2.09. The molecule has 5 heteroatoms. The second-order valence-corrected chi connectivity index (χ2v) is 8.09.